The molecule has 3 N–H and O–H groups in total. The van der Waals surface area contributed by atoms with Gasteiger partial charge in [-0.15, -0.1) is 0 Å². The lowest BCUT2D eigenvalue weighted by molar-refractivity contribution is -0.115. The van der Waals surface area contributed by atoms with Crippen LogP contribution in [-0.4, -0.2) is 36.2 Å². The van der Waals surface area contributed by atoms with E-state index in [0.717, 1.165) is 31.4 Å². The third kappa shape index (κ3) is 3.71. The van der Waals surface area contributed by atoms with E-state index in [4.69, 9.17) is 5.73 Å². The van der Waals surface area contributed by atoms with E-state index in [2.05, 4.69) is 29.8 Å². The first kappa shape index (κ1) is 21.3. The quantitative estimate of drug-likeness (QED) is 0.413. The van der Waals surface area contributed by atoms with Crippen LogP contribution >= 0.6 is 0 Å². The van der Waals surface area contributed by atoms with E-state index < -0.39 is 5.82 Å². The monoisotopic (exact) mass is 471 g/mol. The molecule has 3 fully saturated rings. The first-order valence-electron chi connectivity index (χ1n) is 11.4. The van der Waals surface area contributed by atoms with Crippen LogP contribution in [0.4, 0.5) is 16.0 Å². The van der Waals surface area contributed by atoms with E-state index in [1.54, 1.807) is 12.3 Å². The summed E-state index contributed by atoms with van der Waals surface area (Å²) in [6.45, 7) is 0. The van der Waals surface area contributed by atoms with E-state index in [1.807, 2.05) is 6.20 Å². The van der Waals surface area contributed by atoms with E-state index >= 15 is 0 Å². The maximum absolute atomic E-state index is 13.6. The Morgan fingerprint density at radius 3 is 2.77 bits per heavy atom. The molecule has 176 valence electrons. The molecule has 35 heavy (non-hydrogen) atoms. The Labute approximate surface area is 199 Å². The second kappa shape index (κ2) is 7.93. The van der Waals surface area contributed by atoms with Gasteiger partial charge in [-0.2, -0.15) is 4.98 Å². The van der Waals surface area contributed by atoms with Crippen molar-refractivity contribution in [3.05, 3.63) is 71.8 Å². The molecule has 3 aliphatic rings. The van der Waals surface area contributed by atoms with Gasteiger partial charge in [-0.1, -0.05) is 0 Å². The van der Waals surface area contributed by atoms with Gasteiger partial charge in [0.1, 0.15) is 11.5 Å². The summed E-state index contributed by atoms with van der Waals surface area (Å²) in [5.41, 5.74) is 8.16. The van der Waals surface area contributed by atoms with Gasteiger partial charge in [-0.3, -0.25) is 19.6 Å². The molecule has 0 spiro atoms. The van der Waals surface area contributed by atoms with Crippen LogP contribution in [0.15, 0.2) is 49.2 Å². The molecule has 4 heterocycles. The molecule has 4 aromatic rings. The van der Waals surface area contributed by atoms with E-state index in [0.29, 0.717) is 33.5 Å². The summed E-state index contributed by atoms with van der Waals surface area (Å²) in [5, 5.41) is 3.37. The van der Waals surface area contributed by atoms with Crippen LogP contribution in [-0.2, 0) is 16.8 Å². The van der Waals surface area contributed by atoms with E-state index in [9.17, 15) is 14.0 Å². The SMILES string of the molecule is Nc1ncc2c(C(=O)c3cncc(NC(=O)Cc4ccc(F)cn4)c3)cn(C34CCC(C3)C4)c2n1. The predicted octanol–water partition coefficient (Wildman–Crippen LogP) is 3.25. The predicted molar refractivity (Wildman–Crippen MR) is 126 cm³/mol. The Morgan fingerprint density at radius 1 is 1.17 bits per heavy atom. The zero-order chi connectivity index (χ0) is 24.2. The highest BCUT2D eigenvalue weighted by atomic mass is 19.1. The second-order valence-electron chi connectivity index (χ2n) is 9.40. The molecule has 4 aromatic heterocycles. The van der Waals surface area contributed by atoms with Gasteiger partial charge in [0.05, 0.1) is 30.1 Å². The molecule has 0 aromatic carbocycles. The number of nitrogens with two attached hydrogens (primary N) is 1. The summed E-state index contributed by atoms with van der Waals surface area (Å²) >= 11 is 0. The number of fused-ring (bicyclic) bond motifs is 2. The molecule has 2 bridgehead atoms. The number of pyridine rings is 2. The summed E-state index contributed by atoms with van der Waals surface area (Å²) in [7, 11) is 0. The summed E-state index contributed by atoms with van der Waals surface area (Å²) in [6.07, 6.45) is 11.8. The first-order valence-corrected chi connectivity index (χ1v) is 11.4. The number of anilines is 2. The number of aromatic nitrogens is 5. The molecule has 0 unspecified atom stereocenters. The Morgan fingerprint density at radius 2 is 2.03 bits per heavy atom. The largest absolute Gasteiger partial charge is 0.368 e. The number of nitrogens with one attached hydrogen (secondary N) is 1. The number of nitrogen functional groups attached to an aromatic ring is 1. The molecular weight excluding hydrogens is 449 g/mol. The maximum atomic E-state index is 13.6. The Hall–Kier alpha value is -4.21. The minimum absolute atomic E-state index is 0.00922. The van der Waals surface area contributed by atoms with Crippen molar-refractivity contribution in [2.24, 2.45) is 5.92 Å². The van der Waals surface area contributed by atoms with Gasteiger partial charge in [-0.25, -0.2) is 9.37 Å². The Bertz CT molecular complexity index is 1470. The summed E-state index contributed by atoms with van der Waals surface area (Å²) < 4.78 is 15.2. The summed E-state index contributed by atoms with van der Waals surface area (Å²) in [4.78, 5) is 42.6. The van der Waals surface area contributed by atoms with Gasteiger partial charge >= 0.3 is 0 Å². The van der Waals surface area contributed by atoms with Crippen molar-refractivity contribution >= 4 is 34.4 Å². The summed E-state index contributed by atoms with van der Waals surface area (Å²) in [5.74, 6) is -0.153. The molecular formula is C25H22FN7O2. The maximum Gasteiger partial charge on any atom is 0.230 e. The summed E-state index contributed by atoms with van der Waals surface area (Å²) in [6, 6.07) is 4.28. The normalized spacial score (nSPS) is 20.5. The minimum Gasteiger partial charge on any atom is -0.368 e. The molecule has 10 heteroatoms. The number of hydrogen-bond acceptors (Lipinski definition) is 7. The zero-order valence-corrected chi connectivity index (χ0v) is 18.7. The molecule has 9 nitrogen and oxygen atoms in total. The Balaban J connectivity index is 1.28. The fraction of sp³-hybridized carbons (Fsp3) is 0.280. The van der Waals surface area contributed by atoms with Crippen molar-refractivity contribution in [3.8, 4) is 0 Å². The molecule has 0 atom stereocenters. The lowest BCUT2D eigenvalue weighted by atomic mass is 9.77. The van der Waals surface area contributed by atoms with Gasteiger partial charge in [0.2, 0.25) is 11.9 Å². The molecule has 0 radical (unpaired) electrons. The van der Waals surface area contributed by atoms with Crippen LogP contribution in [0.25, 0.3) is 11.0 Å². The zero-order valence-electron chi connectivity index (χ0n) is 18.7. The van der Waals surface area contributed by atoms with Crippen molar-refractivity contribution < 1.29 is 14.0 Å². The van der Waals surface area contributed by atoms with Crippen LogP contribution in [0.2, 0.25) is 0 Å². The number of amides is 1. The topological polar surface area (TPSA) is 129 Å². The van der Waals surface area contributed by atoms with Crippen LogP contribution < -0.4 is 11.1 Å². The molecule has 3 aliphatic carbocycles. The first-order chi connectivity index (χ1) is 16.9. The number of nitrogens with zero attached hydrogens (tertiary/aromatic N) is 5. The lowest BCUT2D eigenvalue weighted by Gasteiger charge is -2.40. The van der Waals surface area contributed by atoms with Crippen molar-refractivity contribution in [1.82, 2.24) is 24.5 Å². The smallest absolute Gasteiger partial charge is 0.230 e. The molecule has 0 saturated heterocycles. The van der Waals surface area contributed by atoms with Gasteiger partial charge in [0.25, 0.3) is 0 Å². The van der Waals surface area contributed by atoms with Gasteiger partial charge in [0.15, 0.2) is 5.78 Å². The number of carbonyl (C=O) groups is 2. The third-order valence-electron chi connectivity index (χ3n) is 7.09. The lowest BCUT2D eigenvalue weighted by Crippen LogP contribution is -2.38. The van der Waals surface area contributed by atoms with Crippen LogP contribution in [0.5, 0.6) is 0 Å². The van der Waals surface area contributed by atoms with E-state index in [1.165, 1.54) is 30.9 Å². The van der Waals surface area contributed by atoms with Gasteiger partial charge in [-0.05, 0) is 49.8 Å². The highest BCUT2D eigenvalue weighted by Crippen LogP contribution is 2.57. The molecule has 3 saturated carbocycles. The third-order valence-corrected chi connectivity index (χ3v) is 7.09. The molecule has 1 amide bonds. The second-order valence-corrected chi connectivity index (χ2v) is 9.40. The highest BCUT2D eigenvalue weighted by molar-refractivity contribution is 6.16. The molecule has 0 aliphatic heterocycles. The van der Waals surface area contributed by atoms with Gasteiger partial charge in [0, 0.05) is 40.8 Å². The van der Waals surface area contributed by atoms with Crippen LogP contribution in [0.1, 0.15) is 47.3 Å². The number of carbonyl (C=O) groups excluding carboxylic acids is 2. The molecule has 7 rings (SSSR count). The Kier molecular flexibility index (Phi) is 4.84. The number of rotatable bonds is 6. The fourth-order valence-electron chi connectivity index (χ4n) is 5.44. The van der Waals surface area contributed by atoms with Gasteiger partial charge < -0.3 is 15.6 Å². The van der Waals surface area contributed by atoms with Crippen LogP contribution in [0, 0.1) is 11.7 Å². The highest BCUT2D eigenvalue weighted by Gasteiger charge is 2.52. The van der Waals surface area contributed by atoms with Crippen molar-refractivity contribution in [3.63, 3.8) is 0 Å². The van der Waals surface area contributed by atoms with E-state index in [-0.39, 0.29) is 29.6 Å². The number of hydrogen-bond donors (Lipinski definition) is 2. The fourth-order valence-corrected chi connectivity index (χ4v) is 5.44. The average molecular weight is 471 g/mol. The standard InChI is InChI=1S/C25H22FN7O2/c26-16-1-2-17(29-10-16)6-21(34)31-18-5-15(9-28-11-18)22(35)20-13-33(25-4-3-14(7-25)8-25)23-19(20)12-30-24(27)32-23/h1-2,5,9-14H,3-4,6-8H2,(H,31,34)(H2,27,30,32). The van der Waals surface area contributed by atoms with Crippen molar-refractivity contribution in [1.29, 1.82) is 0 Å². The minimum atomic E-state index is -0.469. The number of halogens is 1. The van der Waals surface area contributed by atoms with Crippen molar-refractivity contribution in [2.45, 2.75) is 37.6 Å². The average Bonchev–Trinajstić information content (AvgIpc) is 3.53. The van der Waals surface area contributed by atoms with Crippen LogP contribution in [0.3, 0.4) is 0 Å². The van der Waals surface area contributed by atoms with Crippen molar-refractivity contribution in [2.75, 3.05) is 11.1 Å². The number of ketones is 1.